The number of carbonyl (C=O) groups is 4. The molecule has 0 bridgehead atoms. The molecule has 0 aliphatic carbocycles. The van der Waals surface area contributed by atoms with Gasteiger partial charge in [0, 0.05) is 43.7 Å². The highest BCUT2D eigenvalue weighted by Gasteiger charge is 2.29. The summed E-state index contributed by atoms with van der Waals surface area (Å²) in [6.07, 6.45) is 1.70. The van der Waals surface area contributed by atoms with E-state index in [0.717, 1.165) is 11.1 Å². The van der Waals surface area contributed by atoms with Gasteiger partial charge in [0.25, 0.3) is 0 Å². The smallest absolute Gasteiger partial charge is 0.233 e. The third-order valence-electron chi connectivity index (χ3n) is 5.04. The third-order valence-corrected chi connectivity index (χ3v) is 5.04. The molecule has 0 atom stereocenters. The molecule has 3 rings (SSSR count). The number of β-lactam (4-membered cyclic amide) rings is 1. The summed E-state index contributed by atoms with van der Waals surface area (Å²) in [6, 6.07) is 14.3. The van der Waals surface area contributed by atoms with Gasteiger partial charge in [-0.2, -0.15) is 0 Å². The summed E-state index contributed by atoms with van der Waals surface area (Å²) < 4.78 is 0. The lowest BCUT2D eigenvalue weighted by Crippen LogP contribution is -2.48. The number of hydrogen-bond donors (Lipinski definition) is 3. The molecule has 2 aromatic rings. The van der Waals surface area contributed by atoms with E-state index in [2.05, 4.69) is 10.6 Å². The van der Waals surface area contributed by atoms with E-state index in [1.807, 2.05) is 12.1 Å². The van der Waals surface area contributed by atoms with Crippen LogP contribution in [0.25, 0.3) is 0 Å². The number of nitrogens with zero attached hydrogens (tertiary/aromatic N) is 1. The Balaban J connectivity index is 1.33. The number of nitrogens with two attached hydrogens (primary N) is 1. The van der Waals surface area contributed by atoms with E-state index < -0.39 is 0 Å². The van der Waals surface area contributed by atoms with Gasteiger partial charge in [-0.15, -0.1) is 0 Å². The molecular formula is C23H26N4O4. The Morgan fingerprint density at radius 3 is 2.19 bits per heavy atom. The minimum absolute atomic E-state index is 0.112. The number of imide groups is 1. The molecule has 4 amide bonds. The van der Waals surface area contributed by atoms with Gasteiger partial charge >= 0.3 is 0 Å². The van der Waals surface area contributed by atoms with E-state index in [-0.39, 0.29) is 43.0 Å². The average molecular weight is 422 g/mol. The molecule has 1 heterocycles. The largest absolute Gasteiger partial charge is 0.399 e. The van der Waals surface area contributed by atoms with Crippen LogP contribution in [0, 0.1) is 0 Å². The summed E-state index contributed by atoms with van der Waals surface area (Å²) >= 11 is 0. The molecule has 2 aromatic carbocycles. The number of carbonyl (C=O) groups excluding carboxylic acids is 4. The minimum Gasteiger partial charge on any atom is -0.399 e. The first-order valence-corrected chi connectivity index (χ1v) is 10.2. The Labute approximate surface area is 180 Å². The molecule has 0 radical (unpaired) electrons. The van der Waals surface area contributed by atoms with E-state index in [1.165, 1.54) is 4.90 Å². The van der Waals surface area contributed by atoms with Crippen molar-refractivity contribution in [2.24, 2.45) is 0 Å². The fraction of sp³-hybridized carbons (Fsp3) is 0.304. The van der Waals surface area contributed by atoms with E-state index in [1.54, 1.807) is 36.4 Å². The second kappa shape index (κ2) is 10.4. The number of rotatable bonds is 9. The third kappa shape index (κ3) is 6.67. The van der Waals surface area contributed by atoms with Crippen LogP contribution < -0.4 is 16.4 Å². The number of nitrogen functional groups attached to an aromatic ring is 1. The van der Waals surface area contributed by atoms with Gasteiger partial charge in [0.05, 0.1) is 6.42 Å². The second-order valence-electron chi connectivity index (χ2n) is 7.45. The van der Waals surface area contributed by atoms with Crippen LogP contribution >= 0.6 is 0 Å². The van der Waals surface area contributed by atoms with Crippen LogP contribution in [-0.4, -0.2) is 41.6 Å². The molecular weight excluding hydrogens is 396 g/mol. The maximum atomic E-state index is 12.1. The van der Waals surface area contributed by atoms with Crippen LogP contribution in [0.3, 0.4) is 0 Å². The lowest BCUT2D eigenvalue weighted by atomic mass is 10.1. The van der Waals surface area contributed by atoms with E-state index in [4.69, 9.17) is 5.73 Å². The Kier molecular flexibility index (Phi) is 7.37. The van der Waals surface area contributed by atoms with Crippen LogP contribution in [0.15, 0.2) is 48.5 Å². The van der Waals surface area contributed by atoms with Gasteiger partial charge in [0.15, 0.2) is 0 Å². The first-order chi connectivity index (χ1) is 14.9. The van der Waals surface area contributed by atoms with Crippen LogP contribution in [-0.2, 0) is 32.0 Å². The highest BCUT2D eigenvalue weighted by molar-refractivity contribution is 6.00. The van der Waals surface area contributed by atoms with Crippen molar-refractivity contribution in [2.75, 3.05) is 24.1 Å². The van der Waals surface area contributed by atoms with Gasteiger partial charge in [-0.05, 0) is 41.8 Å². The van der Waals surface area contributed by atoms with Gasteiger partial charge in [-0.25, -0.2) is 0 Å². The number of anilines is 2. The predicted molar refractivity (Wildman–Crippen MR) is 117 cm³/mol. The monoisotopic (exact) mass is 422 g/mol. The number of benzene rings is 2. The number of amides is 4. The Morgan fingerprint density at radius 2 is 1.58 bits per heavy atom. The number of likely N-dealkylation sites (tertiary alicyclic amines) is 1. The van der Waals surface area contributed by atoms with Gasteiger partial charge in [-0.1, -0.05) is 24.3 Å². The Hall–Kier alpha value is -3.68. The fourth-order valence-corrected chi connectivity index (χ4v) is 3.12. The SMILES string of the molecule is Nc1ccc(CCC(=O)NCCC(=O)Nc2ccc(CC(=O)N3CCC3=O)cc2)cc1. The quantitative estimate of drug-likeness (QED) is 0.419. The molecule has 0 saturated carbocycles. The van der Waals surface area contributed by atoms with Crippen molar-refractivity contribution in [3.63, 3.8) is 0 Å². The van der Waals surface area contributed by atoms with Gasteiger partial charge in [0.1, 0.15) is 0 Å². The fourth-order valence-electron chi connectivity index (χ4n) is 3.12. The number of aryl methyl sites for hydroxylation is 1. The van der Waals surface area contributed by atoms with Crippen molar-refractivity contribution in [1.82, 2.24) is 10.2 Å². The highest BCUT2D eigenvalue weighted by atomic mass is 16.2. The minimum atomic E-state index is -0.214. The molecule has 1 saturated heterocycles. The van der Waals surface area contributed by atoms with Gasteiger partial charge < -0.3 is 16.4 Å². The highest BCUT2D eigenvalue weighted by Crippen LogP contribution is 2.14. The van der Waals surface area contributed by atoms with Crippen molar-refractivity contribution in [2.45, 2.75) is 32.1 Å². The van der Waals surface area contributed by atoms with Crippen molar-refractivity contribution < 1.29 is 19.2 Å². The molecule has 1 aliphatic rings. The standard InChI is InChI=1S/C23H26N4O4/c24-18-6-1-16(2-7-18)5-10-20(28)25-13-11-21(29)26-19-8-3-17(4-9-19)15-23(31)27-14-12-22(27)30/h1-4,6-9H,5,10-15,24H2,(H,25,28)(H,26,29). The Morgan fingerprint density at radius 1 is 0.903 bits per heavy atom. The summed E-state index contributed by atoms with van der Waals surface area (Å²) in [5, 5.41) is 5.50. The Bertz CT molecular complexity index is 955. The van der Waals surface area contributed by atoms with E-state index in [0.29, 0.717) is 37.2 Å². The topological polar surface area (TPSA) is 122 Å². The van der Waals surface area contributed by atoms with Crippen molar-refractivity contribution in [3.8, 4) is 0 Å². The average Bonchev–Trinajstić information content (AvgIpc) is 2.73. The van der Waals surface area contributed by atoms with Gasteiger partial charge in [-0.3, -0.25) is 24.1 Å². The van der Waals surface area contributed by atoms with Crippen molar-refractivity contribution in [1.29, 1.82) is 0 Å². The lowest BCUT2D eigenvalue weighted by molar-refractivity contribution is -0.151. The van der Waals surface area contributed by atoms with Crippen molar-refractivity contribution >= 4 is 35.0 Å². The summed E-state index contributed by atoms with van der Waals surface area (Å²) in [5.74, 6) is -0.667. The maximum absolute atomic E-state index is 12.1. The molecule has 162 valence electrons. The summed E-state index contributed by atoms with van der Waals surface area (Å²) in [7, 11) is 0. The van der Waals surface area contributed by atoms with Crippen molar-refractivity contribution in [3.05, 3.63) is 59.7 Å². The molecule has 1 aliphatic heterocycles. The van der Waals surface area contributed by atoms with Crippen LogP contribution in [0.2, 0.25) is 0 Å². The molecule has 31 heavy (non-hydrogen) atoms. The van der Waals surface area contributed by atoms with Crippen LogP contribution in [0.5, 0.6) is 0 Å². The van der Waals surface area contributed by atoms with Gasteiger partial charge in [0.2, 0.25) is 23.6 Å². The van der Waals surface area contributed by atoms with Crippen LogP contribution in [0.1, 0.15) is 30.4 Å². The molecule has 8 nitrogen and oxygen atoms in total. The first-order valence-electron chi connectivity index (χ1n) is 10.2. The van der Waals surface area contributed by atoms with E-state index >= 15 is 0 Å². The maximum Gasteiger partial charge on any atom is 0.233 e. The summed E-state index contributed by atoms with van der Waals surface area (Å²) in [6.45, 7) is 0.743. The second-order valence-corrected chi connectivity index (χ2v) is 7.45. The predicted octanol–water partition coefficient (Wildman–Crippen LogP) is 1.65. The zero-order valence-electron chi connectivity index (χ0n) is 17.2. The molecule has 4 N–H and O–H groups in total. The molecule has 0 unspecified atom stereocenters. The first kappa shape index (κ1) is 22.0. The molecule has 8 heteroatoms. The number of hydrogen-bond acceptors (Lipinski definition) is 5. The van der Waals surface area contributed by atoms with Crippen LogP contribution in [0.4, 0.5) is 11.4 Å². The zero-order chi connectivity index (χ0) is 22.2. The zero-order valence-corrected chi connectivity index (χ0v) is 17.2. The molecule has 0 spiro atoms. The molecule has 0 aromatic heterocycles. The molecule has 1 fully saturated rings. The van der Waals surface area contributed by atoms with E-state index in [9.17, 15) is 19.2 Å². The normalized spacial score (nSPS) is 12.8. The lowest BCUT2D eigenvalue weighted by Gasteiger charge is -2.28. The number of nitrogens with one attached hydrogen (secondary N) is 2. The summed E-state index contributed by atoms with van der Waals surface area (Å²) in [5.41, 5.74) is 8.74. The summed E-state index contributed by atoms with van der Waals surface area (Å²) in [4.78, 5) is 48.5.